The average molecular weight is 262 g/mol. The molecule has 2 nitrogen and oxygen atoms in total. The highest BCUT2D eigenvalue weighted by molar-refractivity contribution is 6.66. The van der Waals surface area contributed by atoms with E-state index in [1.165, 1.54) is 6.20 Å². The van der Waals surface area contributed by atoms with E-state index in [1.807, 2.05) is 30.3 Å². The Labute approximate surface area is 102 Å². The summed E-state index contributed by atoms with van der Waals surface area (Å²) in [5.41, 5.74) is 1.42. The van der Waals surface area contributed by atoms with Crippen molar-refractivity contribution < 1.29 is 0 Å². The Kier molecular flexibility index (Phi) is 2.91. The van der Waals surface area contributed by atoms with E-state index in [4.69, 9.17) is 34.8 Å². The van der Waals surface area contributed by atoms with E-state index >= 15 is 0 Å². The van der Waals surface area contributed by atoms with Gasteiger partial charge in [-0.05, 0) is 0 Å². The number of nitrogens with one attached hydrogen (secondary N) is 1. The minimum Gasteiger partial charge on any atom is -0.338 e. The second-order valence-corrected chi connectivity index (χ2v) is 5.29. The topological polar surface area (TPSA) is 28.7 Å². The fourth-order valence-corrected chi connectivity index (χ4v) is 1.50. The number of rotatable bonds is 1. The van der Waals surface area contributed by atoms with E-state index in [1.54, 1.807) is 0 Å². The quantitative estimate of drug-likeness (QED) is 0.775. The first kappa shape index (κ1) is 10.8. The first-order valence-corrected chi connectivity index (χ1v) is 5.38. The lowest BCUT2D eigenvalue weighted by Gasteiger charge is -2.06. The molecule has 0 bridgehead atoms. The normalized spacial score (nSPS) is 11.7. The molecule has 0 unspecified atom stereocenters. The molecule has 0 fully saturated rings. The number of nitrogens with zero attached hydrogens (tertiary/aromatic N) is 1. The van der Waals surface area contributed by atoms with Gasteiger partial charge in [-0.3, -0.25) is 0 Å². The predicted molar refractivity (Wildman–Crippen MR) is 63.3 cm³/mol. The molecule has 0 spiro atoms. The van der Waals surface area contributed by atoms with E-state index in [2.05, 4.69) is 9.97 Å². The maximum atomic E-state index is 5.72. The maximum absolute atomic E-state index is 5.72. The smallest absolute Gasteiger partial charge is 0.232 e. The van der Waals surface area contributed by atoms with E-state index in [0.29, 0.717) is 11.5 Å². The third-order valence-corrected chi connectivity index (χ3v) is 2.54. The summed E-state index contributed by atoms with van der Waals surface area (Å²) >= 11 is 17.2. The summed E-state index contributed by atoms with van der Waals surface area (Å²) in [5, 5.41) is 0. The van der Waals surface area contributed by atoms with Crippen molar-refractivity contribution in [3.8, 4) is 11.4 Å². The summed E-state index contributed by atoms with van der Waals surface area (Å²) in [6.45, 7) is 0. The minimum absolute atomic E-state index is 0.464. The Morgan fingerprint density at radius 1 is 1.07 bits per heavy atom. The number of hydrogen-bond acceptors (Lipinski definition) is 1. The lowest BCUT2D eigenvalue weighted by Crippen LogP contribution is -1.99. The lowest BCUT2D eigenvalue weighted by atomic mass is 10.2. The zero-order valence-corrected chi connectivity index (χ0v) is 9.81. The molecular weight excluding hydrogens is 254 g/mol. The molecule has 5 heteroatoms. The Hall–Kier alpha value is -0.700. The maximum Gasteiger partial charge on any atom is 0.232 e. The molecule has 15 heavy (non-hydrogen) atoms. The highest BCUT2D eigenvalue weighted by Crippen LogP contribution is 2.37. The van der Waals surface area contributed by atoms with Crippen LogP contribution in [0.4, 0.5) is 0 Å². The second kappa shape index (κ2) is 4.05. The van der Waals surface area contributed by atoms with Gasteiger partial charge in [-0.25, -0.2) is 4.98 Å². The number of alkyl halides is 3. The molecular formula is C10H7Cl3N2. The van der Waals surface area contributed by atoms with Crippen molar-refractivity contribution in [1.29, 1.82) is 0 Å². The number of halogens is 3. The third-order valence-electron chi connectivity index (χ3n) is 1.93. The molecule has 0 amide bonds. The van der Waals surface area contributed by atoms with Crippen molar-refractivity contribution in [3.05, 3.63) is 42.2 Å². The van der Waals surface area contributed by atoms with Gasteiger partial charge in [-0.2, -0.15) is 0 Å². The second-order valence-electron chi connectivity index (χ2n) is 3.01. The molecule has 1 heterocycles. The van der Waals surface area contributed by atoms with Gasteiger partial charge in [0, 0.05) is 5.56 Å². The van der Waals surface area contributed by atoms with Crippen LogP contribution in [0.1, 0.15) is 5.69 Å². The van der Waals surface area contributed by atoms with Gasteiger partial charge in [0.15, 0.2) is 0 Å². The standard InChI is InChI=1S/C10H7Cl3N2/c11-10(12,13)8-6-14-9(15-8)7-4-2-1-3-5-7/h1-6H,(H,14,15). The number of aromatic nitrogens is 2. The molecule has 1 N–H and O–H groups in total. The zero-order valence-electron chi connectivity index (χ0n) is 7.55. The van der Waals surface area contributed by atoms with Crippen LogP contribution in [0.25, 0.3) is 11.4 Å². The van der Waals surface area contributed by atoms with Gasteiger partial charge in [-0.15, -0.1) is 0 Å². The van der Waals surface area contributed by atoms with E-state index in [-0.39, 0.29) is 0 Å². The van der Waals surface area contributed by atoms with Crippen molar-refractivity contribution in [2.45, 2.75) is 3.79 Å². The highest BCUT2D eigenvalue weighted by Gasteiger charge is 2.25. The van der Waals surface area contributed by atoms with Crippen molar-refractivity contribution in [1.82, 2.24) is 9.97 Å². The molecule has 0 atom stereocenters. The first-order valence-electron chi connectivity index (χ1n) is 4.25. The van der Waals surface area contributed by atoms with Gasteiger partial charge in [0.05, 0.1) is 11.9 Å². The summed E-state index contributed by atoms with van der Waals surface area (Å²) in [4.78, 5) is 7.11. The molecule has 0 aliphatic rings. The molecule has 1 aromatic heterocycles. The van der Waals surface area contributed by atoms with E-state index in [9.17, 15) is 0 Å². The summed E-state index contributed by atoms with van der Waals surface area (Å²) in [6, 6.07) is 9.64. The van der Waals surface area contributed by atoms with Gasteiger partial charge in [0.2, 0.25) is 3.79 Å². The van der Waals surface area contributed by atoms with Crippen LogP contribution in [0.15, 0.2) is 36.5 Å². The number of imidazole rings is 1. The molecule has 0 aliphatic heterocycles. The fourth-order valence-electron chi connectivity index (χ4n) is 1.21. The highest BCUT2D eigenvalue weighted by atomic mass is 35.6. The molecule has 0 aliphatic carbocycles. The van der Waals surface area contributed by atoms with Crippen molar-refractivity contribution in [3.63, 3.8) is 0 Å². The SMILES string of the molecule is ClC(Cl)(Cl)c1cnc(-c2ccccc2)[nH]1. The summed E-state index contributed by atoms with van der Waals surface area (Å²) in [5.74, 6) is 0.692. The molecule has 78 valence electrons. The van der Waals surface area contributed by atoms with Gasteiger partial charge in [-0.1, -0.05) is 65.1 Å². The van der Waals surface area contributed by atoms with Crippen LogP contribution >= 0.6 is 34.8 Å². The zero-order chi connectivity index (χ0) is 10.9. The van der Waals surface area contributed by atoms with Crippen LogP contribution in [0, 0.1) is 0 Å². The van der Waals surface area contributed by atoms with Crippen LogP contribution in [-0.2, 0) is 3.79 Å². The van der Waals surface area contributed by atoms with E-state index in [0.717, 1.165) is 5.56 Å². The fraction of sp³-hybridized carbons (Fsp3) is 0.100. The monoisotopic (exact) mass is 260 g/mol. The lowest BCUT2D eigenvalue weighted by molar-refractivity contribution is 1.13. The molecule has 0 saturated heterocycles. The Bertz CT molecular complexity index is 445. The van der Waals surface area contributed by atoms with Crippen LogP contribution in [0.5, 0.6) is 0 Å². The average Bonchev–Trinajstić information content (AvgIpc) is 2.67. The molecule has 1 aromatic carbocycles. The van der Waals surface area contributed by atoms with Gasteiger partial charge in [0.25, 0.3) is 0 Å². The van der Waals surface area contributed by atoms with E-state index < -0.39 is 3.79 Å². The van der Waals surface area contributed by atoms with Crippen molar-refractivity contribution >= 4 is 34.8 Å². The number of aromatic amines is 1. The molecule has 2 aromatic rings. The first-order chi connectivity index (χ1) is 7.07. The molecule has 0 saturated carbocycles. The number of benzene rings is 1. The minimum atomic E-state index is -1.46. The summed E-state index contributed by atoms with van der Waals surface area (Å²) in [6.07, 6.45) is 1.52. The predicted octanol–water partition coefficient (Wildman–Crippen LogP) is 3.90. The number of H-pyrrole nitrogens is 1. The largest absolute Gasteiger partial charge is 0.338 e. The van der Waals surface area contributed by atoms with Crippen LogP contribution in [0.2, 0.25) is 0 Å². The molecule has 0 radical (unpaired) electrons. The van der Waals surface area contributed by atoms with Crippen molar-refractivity contribution in [2.24, 2.45) is 0 Å². The van der Waals surface area contributed by atoms with Gasteiger partial charge < -0.3 is 4.98 Å². The van der Waals surface area contributed by atoms with Gasteiger partial charge in [0.1, 0.15) is 5.82 Å². The van der Waals surface area contributed by atoms with Crippen LogP contribution in [0.3, 0.4) is 0 Å². The Morgan fingerprint density at radius 2 is 1.73 bits per heavy atom. The Morgan fingerprint density at radius 3 is 2.27 bits per heavy atom. The summed E-state index contributed by atoms with van der Waals surface area (Å²) < 4.78 is -1.46. The summed E-state index contributed by atoms with van der Waals surface area (Å²) in [7, 11) is 0. The number of hydrogen-bond donors (Lipinski definition) is 1. The van der Waals surface area contributed by atoms with Crippen LogP contribution in [-0.4, -0.2) is 9.97 Å². The Balaban J connectivity index is 2.37. The third kappa shape index (κ3) is 2.46. The van der Waals surface area contributed by atoms with Crippen LogP contribution < -0.4 is 0 Å². The van der Waals surface area contributed by atoms with Crippen molar-refractivity contribution in [2.75, 3.05) is 0 Å². The van der Waals surface area contributed by atoms with Gasteiger partial charge >= 0.3 is 0 Å². The molecule has 2 rings (SSSR count).